The fourth-order valence-corrected chi connectivity index (χ4v) is 4.55. The second-order valence-electron chi connectivity index (χ2n) is 7.28. The number of benzene rings is 1. The van der Waals surface area contributed by atoms with Crippen molar-refractivity contribution in [1.29, 1.82) is 0 Å². The van der Waals surface area contributed by atoms with Crippen LogP contribution in [0.4, 0.5) is 0 Å². The molecule has 0 spiro atoms. The summed E-state index contributed by atoms with van der Waals surface area (Å²) in [5, 5.41) is 0. The molecule has 0 saturated carbocycles. The van der Waals surface area contributed by atoms with E-state index in [-0.39, 0.29) is 17.5 Å². The van der Waals surface area contributed by atoms with Gasteiger partial charge in [0.1, 0.15) is 5.75 Å². The molecule has 1 aromatic carbocycles. The molecule has 0 radical (unpaired) electrons. The first-order valence-electron chi connectivity index (χ1n) is 9.00. The number of nitrogens with zero attached hydrogens (tertiary/aromatic N) is 1. The Morgan fingerprint density at radius 3 is 2.33 bits per heavy atom. The summed E-state index contributed by atoms with van der Waals surface area (Å²) < 4.78 is 34.0. The quantitative estimate of drug-likeness (QED) is 0.653. The van der Waals surface area contributed by atoms with Crippen molar-refractivity contribution in [3.63, 3.8) is 0 Å². The number of hydrogen-bond acceptors (Lipinski definition) is 6. The van der Waals surface area contributed by atoms with Gasteiger partial charge in [-0.15, -0.1) is 0 Å². The van der Waals surface area contributed by atoms with Gasteiger partial charge in [-0.3, -0.25) is 4.79 Å². The molecule has 1 aliphatic rings. The van der Waals surface area contributed by atoms with E-state index in [0.29, 0.717) is 30.3 Å². The van der Waals surface area contributed by atoms with Gasteiger partial charge in [-0.25, -0.2) is 13.2 Å². The van der Waals surface area contributed by atoms with Crippen LogP contribution in [0.25, 0.3) is 0 Å². The number of esters is 1. The van der Waals surface area contributed by atoms with Gasteiger partial charge in [-0.2, -0.15) is 0 Å². The Balaban J connectivity index is 1.91. The maximum Gasteiger partial charge on any atom is 0.338 e. The molecule has 0 bridgehead atoms. The van der Waals surface area contributed by atoms with E-state index in [9.17, 15) is 18.0 Å². The Hall–Kier alpha value is -2.09. The summed E-state index contributed by atoms with van der Waals surface area (Å²) in [5.74, 6) is 0.0588. The minimum absolute atomic E-state index is 0.0479. The van der Waals surface area contributed by atoms with Gasteiger partial charge in [0.15, 0.2) is 15.9 Å². The van der Waals surface area contributed by atoms with Crippen LogP contribution in [0.3, 0.4) is 0 Å². The van der Waals surface area contributed by atoms with Gasteiger partial charge in [0.05, 0.1) is 23.7 Å². The van der Waals surface area contributed by atoms with E-state index in [1.54, 1.807) is 31.3 Å². The molecule has 0 aliphatic carbocycles. The van der Waals surface area contributed by atoms with Crippen LogP contribution in [-0.4, -0.2) is 62.5 Å². The number of sulfone groups is 1. The highest BCUT2D eigenvalue weighted by atomic mass is 32.2. The minimum atomic E-state index is -3.09. The van der Waals surface area contributed by atoms with Gasteiger partial charge < -0.3 is 14.4 Å². The zero-order valence-corrected chi connectivity index (χ0v) is 17.0. The Kier molecular flexibility index (Phi) is 6.86. The standard InChI is InChI=1S/C19H27NO6S/c1-13(2)11-25-17-7-5-15(6-8-17)19(22)26-14(3)18(21)20(4)16-9-10-27(23,24)12-16/h5-8,13-14,16H,9-12H2,1-4H3/t14-,16-/m1/s1. The molecule has 0 unspecified atom stereocenters. The van der Waals surface area contributed by atoms with Gasteiger partial charge in [0.2, 0.25) is 0 Å². The molecular formula is C19H27NO6S. The molecule has 1 saturated heterocycles. The van der Waals surface area contributed by atoms with Crippen LogP contribution in [0.2, 0.25) is 0 Å². The van der Waals surface area contributed by atoms with Crippen molar-refractivity contribution in [2.45, 2.75) is 39.3 Å². The molecule has 8 heteroatoms. The van der Waals surface area contributed by atoms with E-state index < -0.39 is 27.8 Å². The third kappa shape index (κ3) is 5.95. The van der Waals surface area contributed by atoms with Gasteiger partial charge >= 0.3 is 5.97 Å². The Bertz CT molecular complexity index is 772. The summed E-state index contributed by atoms with van der Waals surface area (Å²) in [4.78, 5) is 26.1. The summed E-state index contributed by atoms with van der Waals surface area (Å²) in [5.41, 5.74) is 0.317. The highest BCUT2D eigenvalue weighted by Crippen LogP contribution is 2.19. The van der Waals surface area contributed by atoms with Gasteiger partial charge in [-0.05, 0) is 43.5 Å². The van der Waals surface area contributed by atoms with Gasteiger partial charge in [0, 0.05) is 13.1 Å². The first-order valence-corrected chi connectivity index (χ1v) is 10.8. The lowest BCUT2D eigenvalue weighted by molar-refractivity contribution is -0.140. The van der Waals surface area contributed by atoms with Crippen molar-refractivity contribution < 1.29 is 27.5 Å². The molecular weight excluding hydrogens is 370 g/mol. The number of likely N-dealkylation sites (N-methyl/N-ethyl adjacent to an activating group) is 1. The van der Waals surface area contributed by atoms with Crippen molar-refractivity contribution in [2.75, 3.05) is 25.2 Å². The van der Waals surface area contributed by atoms with E-state index in [2.05, 4.69) is 0 Å². The lowest BCUT2D eigenvalue weighted by Gasteiger charge is -2.26. The third-order valence-corrected chi connectivity index (χ3v) is 6.16. The Morgan fingerprint density at radius 1 is 1.19 bits per heavy atom. The lowest BCUT2D eigenvalue weighted by Crippen LogP contribution is -2.44. The number of carbonyl (C=O) groups excluding carboxylic acids is 2. The van der Waals surface area contributed by atoms with Crippen molar-refractivity contribution in [2.24, 2.45) is 5.92 Å². The average molecular weight is 397 g/mol. The molecule has 2 atom stereocenters. The van der Waals surface area contributed by atoms with Crippen LogP contribution >= 0.6 is 0 Å². The molecule has 0 aromatic heterocycles. The van der Waals surface area contributed by atoms with Crippen LogP contribution in [-0.2, 0) is 19.4 Å². The lowest BCUT2D eigenvalue weighted by atomic mass is 10.2. The molecule has 1 fully saturated rings. The SMILES string of the molecule is CC(C)COc1ccc(C(=O)O[C@H](C)C(=O)N(C)[C@@H]2CCS(=O)(=O)C2)cc1. The molecule has 1 amide bonds. The third-order valence-electron chi connectivity index (χ3n) is 4.41. The number of hydrogen-bond donors (Lipinski definition) is 0. The van der Waals surface area contributed by atoms with Crippen LogP contribution in [0, 0.1) is 5.92 Å². The fraction of sp³-hybridized carbons (Fsp3) is 0.579. The van der Waals surface area contributed by atoms with E-state index >= 15 is 0 Å². The summed E-state index contributed by atoms with van der Waals surface area (Å²) in [6, 6.07) is 6.16. The van der Waals surface area contributed by atoms with E-state index in [1.165, 1.54) is 11.8 Å². The van der Waals surface area contributed by atoms with Crippen molar-refractivity contribution >= 4 is 21.7 Å². The zero-order valence-electron chi connectivity index (χ0n) is 16.2. The largest absolute Gasteiger partial charge is 0.493 e. The summed E-state index contributed by atoms with van der Waals surface area (Å²) in [7, 11) is -1.55. The molecule has 1 aliphatic heterocycles. The predicted molar refractivity (Wildman–Crippen MR) is 101 cm³/mol. The normalized spacial score (nSPS) is 19.5. The maximum atomic E-state index is 12.4. The summed E-state index contributed by atoms with van der Waals surface area (Å²) >= 11 is 0. The van der Waals surface area contributed by atoms with Gasteiger partial charge in [-0.1, -0.05) is 13.8 Å². The molecule has 2 rings (SSSR count). The summed E-state index contributed by atoms with van der Waals surface area (Å²) in [6.45, 7) is 6.16. The second-order valence-corrected chi connectivity index (χ2v) is 9.51. The zero-order chi connectivity index (χ0) is 20.2. The van der Waals surface area contributed by atoms with Gasteiger partial charge in [0.25, 0.3) is 5.91 Å². The van der Waals surface area contributed by atoms with Crippen LogP contribution in [0.5, 0.6) is 5.75 Å². The number of ether oxygens (including phenoxy) is 2. The molecule has 1 aromatic rings. The monoisotopic (exact) mass is 397 g/mol. The summed E-state index contributed by atoms with van der Waals surface area (Å²) in [6.07, 6.45) is -0.592. The topological polar surface area (TPSA) is 90.0 Å². The Morgan fingerprint density at radius 2 is 1.81 bits per heavy atom. The van der Waals surface area contributed by atoms with Crippen molar-refractivity contribution in [1.82, 2.24) is 4.90 Å². The van der Waals surface area contributed by atoms with Crippen LogP contribution in [0.1, 0.15) is 37.6 Å². The molecule has 0 N–H and O–H groups in total. The van der Waals surface area contributed by atoms with Crippen molar-refractivity contribution in [3.8, 4) is 5.75 Å². The highest BCUT2D eigenvalue weighted by molar-refractivity contribution is 7.91. The molecule has 150 valence electrons. The highest BCUT2D eigenvalue weighted by Gasteiger charge is 2.35. The van der Waals surface area contributed by atoms with E-state index in [1.807, 2.05) is 13.8 Å². The second kappa shape index (κ2) is 8.73. The fourth-order valence-electron chi connectivity index (χ4n) is 2.78. The number of carbonyl (C=O) groups is 2. The first-order chi connectivity index (χ1) is 12.6. The minimum Gasteiger partial charge on any atom is -0.493 e. The molecule has 7 nitrogen and oxygen atoms in total. The Labute approximate surface area is 160 Å². The maximum absolute atomic E-state index is 12.4. The smallest absolute Gasteiger partial charge is 0.338 e. The number of amides is 1. The molecule has 1 heterocycles. The first kappa shape index (κ1) is 21.2. The van der Waals surface area contributed by atoms with Crippen LogP contribution in [0.15, 0.2) is 24.3 Å². The average Bonchev–Trinajstić information content (AvgIpc) is 2.98. The van der Waals surface area contributed by atoms with E-state index in [4.69, 9.17) is 9.47 Å². The molecule has 27 heavy (non-hydrogen) atoms. The van der Waals surface area contributed by atoms with Crippen molar-refractivity contribution in [3.05, 3.63) is 29.8 Å². The predicted octanol–water partition coefficient (Wildman–Crippen LogP) is 1.91. The van der Waals surface area contributed by atoms with Crippen LogP contribution < -0.4 is 4.74 Å². The van der Waals surface area contributed by atoms with E-state index in [0.717, 1.165) is 0 Å². The number of rotatable bonds is 7.